The summed E-state index contributed by atoms with van der Waals surface area (Å²) in [6.07, 6.45) is 4.80. The van der Waals surface area contributed by atoms with E-state index in [1.807, 2.05) is 0 Å². The third-order valence-corrected chi connectivity index (χ3v) is 3.39. The summed E-state index contributed by atoms with van der Waals surface area (Å²) >= 11 is 0. The number of hydrogen-bond acceptors (Lipinski definition) is 2. The molecule has 5 heteroatoms. The van der Waals surface area contributed by atoms with Crippen LogP contribution >= 0.6 is 0 Å². The molecule has 2 N–H and O–H groups in total. The highest BCUT2D eigenvalue weighted by Crippen LogP contribution is 2.23. The van der Waals surface area contributed by atoms with Crippen LogP contribution in [0.2, 0.25) is 0 Å². The van der Waals surface area contributed by atoms with Gasteiger partial charge in [-0.3, -0.25) is 0 Å². The third-order valence-electron chi connectivity index (χ3n) is 2.31. The van der Waals surface area contributed by atoms with Crippen molar-refractivity contribution in [3.8, 4) is 0 Å². The number of nitrogens with one attached hydrogen (secondary N) is 2. The highest BCUT2D eigenvalue weighted by Gasteiger charge is 2.16. The van der Waals surface area contributed by atoms with Gasteiger partial charge in [-0.15, -0.1) is 0 Å². The quantitative estimate of drug-likeness (QED) is 0.670. The summed E-state index contributed by atoms with van der Waals surface area (Å²) in [6, 6.07) is 0. The normalized spacial score (nSPS) is 20.1. The second kappa shape index (κ2) is 4.20. The van der Waals surface area contributed by atoms with Crippen molar-refractivity contribution >= 4 is 10.2 Å². The van der Waals surface area contributed by atoms with Crippen molar-refractivity contribution in [3.05, 3.63) is 0 Å². The SMILES string of the molecule is CNS(=O)(=O)NCC1CCCC1. The van der Waals surface area contributed by atoms with Crippen molar-refractivity contribution in [2.75, 3.05) is 13.6 Å². The van der Waals surface area contributed by atoms with Gasteiger partial charge in [0.25, 0.3) is 10.2 Å². The Bertz CT molecular complexity index is 220. The highest BCUT2D eigenvalue weighted by molar-refractivity contribution is 7.87. The Labute approximate surface area is 73.9 Å². The van der Waals surface area contributed by atoms with Crippen molar-refractivity contribution in [3.63, 3.8) is 0 Å². The molecule has 0 amide bonds. The van der Waals surface area contributed by atoms with Crippen LogP contribution in [-0.4, -0.2) is 22.0 Å². The highest BCUT2D eigenvalue weighted by atomic mass is 32.2. The van der Waals surface area contributed by atoms with E-state index >= 15 is 0 Å². The Kier molecular flexibility index (Phi) is 3.49. The molecule has 0 aromatic heterocycles. The molecule has 0 unspecified atom stereocenters. The lowest BCUT2D eigenvalue weighted by molar-refractivity contribution is 0.516. The molecule has 0 radical (unpaired) electrons. The topological polar surface area (TPSA) is 58.2 Å². The monoisotopic (exact) mass is 192 g/mol. The molecule has 1 fully saturated rings. The molecule has 1 saturated carbocycles. The maximum absolute atomic E-state index is 10.9. The average molecular weight is 192 g/mol. The summed E-state index contributed by atoms with van der Waals surface area (Å²) < 4.78 is 26.6. The Morgan fingerprint density at radius 3 is 2.42 bits per heavy atom. The Morgan fingerprint density at radius 2 is 1.92 bits per heavy atom. The fraction of sp³-hybridized carbons (Fsp3) is 1.00. The first kappa shape index (κ1) is 9.95. The fourth-order valence-corrected chi connectivity index (χ4v) is 2.11. The first-order chi connectivity index (χ1) is 5.64. The van der Waals surface area contributed by atoms with Gasteiger partial charge in [0.05, 0.1) is 0 Å². The first-order valence-electron chi connectivity index (χ1n) is 4.32. The standard InChI is InChI=1S/C7H16N2O2S/c1-8-12(10,11)9-6-7-4-2-3-5-7/h7-9H,2-6H2,1H3. The van der Waals surface area contributed by atoms with E-state index in [0.717, 1.165) is 12.8 Å². The van der Waals surface area contributed by atoms with Crippen LogP contribution in [0, 0.1) is 5.92 Å². The summed E-state index contributed by atoms with van der Waals surface area (Å²) in [4.78, 5) is 0. The van der Waals surface area contributed by atoms with Crippen molar-refractivity contribution in [2.24, 2.45) is 5.92 Å². The lowest BCUT2D eigenvalue weighted by atomic mass is 10.1. The molecule has 0 aromatic rings. The van der Waals surface area contributed by atoms with Gasteiger partial charge < -0.3 is 0 Å². The molecule has 12 heavy (non-hydrogen) atoms. The van der Waals surface area contributed by atoms with Gasteiger partial charge in [0.2, 0.25) is 0 Å². The van der Waals surface area contributed by atoms with Crippen LogP contribution in [-0.2, 0) is 10.2 Å². The summed E-state index contributed by atoms with van der Waals surface area (Å²) in [5.74, 6) is 0.549. The second-order valence-corrected chi connectivity index (χ2v) is 4.91. The average Bonchev–Trinajstić information content (AvgIpc) is 2.53. The van der Waals surface area contributed by atoms with Gasteiger partial charge in [-0.05, 0) is 18.8 Å². The van der Waals surface area contributed by atoms with E-state index in [4.69, 9.17) is 0 Å². The molecular weight excluding hydrogens is 176 g/mol. The maximum Gasteiger partial charge on any atom is 0.276 e. The first-order valence-corrected chi connectivity index (χ1v) is 5.80. The zero-order valence-corrected chi connectivity index (χ0v) is 8.15. The molecule has 0 aromatic carbocycles. The van der Waals surface area contributed by atoms with Crippen LogP contribution in [0.4, 0.5) is 0 Å². The molecule has 1 rings (SSSR count). The zero-order valence-electron chi connectivity index (χ0n) is 7.34. The van der Waals surface area contributed by atoms with Gasteiger partial charge in [0.15, 0.2) is 0 Å². The summed E-state index contributed by atoms with van der Waals surface area (Å²) in [5, 5.41) is 0. The van der Waals surface area contributed by atoms with Gasteiger partial charge in [-0.2, -0.15) is 8.42 Å². The van der Waals surface area contributed by atoms with Gasteiger partial charge in [-0.1, -0.05) is 12.8 Å². The maximum atomic E-state index is 10.9. The van der Waals surface area contributed by atoms with E-state index in [9.17, 15) is 8.42 Å². The molecule has 0 heterocycles. The summed E-state index contributed by atoms with van der Waals surface area (Å²) in [7, 11) is -1.79. The number of rotatable bonds is 4. The van der Waals surface area contributed by atoms with Gasteiger partial charge in [-0.25, -0.2) is 9.44 Å². The van der Waals surface area contributed by atoms with Crippen molar-refractivity contribution in [1.29, 1.82) is 0 Å². The van der Waals surface area contributed by atoms with E-state index in [0.29, 0.717) is 12.5 Å². The molecule has 4 nitrogen and oxygen atoms in total. The predicted molar refractivity (Wildman–Crippen MR) is 47.9 cm³/mol. The molecular formula is C7H16N2O2S. The van der Waals surface area contributed by atoms with Crippen LogP contribution in [0.3, 0.4) is 0 Å². The van der Waals surface area contributed by atoms with Crippen LogP contribution in [0.15, 0.2) is 0 Å². The Hall–Kier alpha value is -0.130. The smallest absolute Gasteiger partial charge is 0.205 e. The lowest BCUT2D eigenvalue weighted by Gasteiger charge is -2.09. The molecule has 0 aliphatic heterocycles. The summed E-state index contributed by atoms with van der Waals surface area (Å²) in [6.45, 7) is 0.586. The van der Waals surface area contributed by atoms with Gasteiger partial charge >= 0.3 is 0 Å². The van der Waals surface area contributed by atoms with Crippen LogP contribution in [0.5, 0.6) is 0 Å². The zero-order chi connectivity index (χ0) is 9.03. The summed E-state index contributed by atoms with van der Waals surface area (Å²) in [5.41, 5.74) is 0. The molecule has 1 aliphatic carbocycles. The molecule has 0 saturated heterocycles. The Balaban J connectivity index is 2.25. The van der Waals surface area contributed by atoms with Gasteiger partial charge in [0.1, 0.15) is 0 Å². The number of hydrogen-bond donors (Lipinski definition) is 2. The van der Waals surface area contributed by atoms with Crippen LogP contribution in [0.1, 0.15) is 25.7 Å². The van der Waals surface area contributed by atoms with Crippen molar-refractivity contribution in [2.45, 2.75) is 25.7 Å². The van der Waals surface area contributed by atoms with E-state index in [-0.39, 0.29) is 0 Å². The van der Waals surface area contributed by atoms with Gasteiger partial charge in [0, 0.05) is 13.6 Å². The third kappa shape index (κ3) is 3.08. The largest absolute Gasteiger partial charge is 0.276 e. The van der Waals surface area contributed by atoms with E-state index < -0.39 is 10.2 Å². The van der Waals surface area contributed by atoms with E-state index in [2.05, 4.69) is 9.44 Å². The Morgan fingerprint density at radius 1 is 1.33 bits per heavy atom. The van der Waals surface area contributed by atoms with E-state index in [1.165, 1.54) is 19.9 Å². The second-order valence-electron chi connectivity index (χ2n) is 3.21. The lowest BCUT2D eigenvalue weighted by Crippen LogP contribution is -2.36. The molecule has 72 valence electrons. The van der Waals surface area contributed by atoms with E-state index in [1.54, 1.807) is 0 Å². The fourth-order valence-electron chi connectivity index (χ4n) is 1.51. The van der Waals surface area contributed by atoms with Crippen molar-refractivity contribution in [1.82, 2.24) is 9.44 Å². The minimum absolute atomic E-state index is 0.549. The minimum Gasteiger partial charge on any atom is -0.205 e. The molecule has 0 atom stereocenters. The molecule has 0 spiro atoms. The van der Waals surface area contributed by atoms with Crippen LogP contribution in [0.25, 0.3) is 0 Å². The minimum atomic E-state index is -3.21. The predicted octanol–water partition coefficient (Wildman–Crippen LogP) is 0.230. The molecule has 0 bridgehead atoms. The van der Waals surface area contributed by atoms with Crippen LogP contribution < -0.4 is 9.44 Å². The van der Waals surface area contributed by atoms with Crippen molar-refractivity contribution < 1.29 is 8.42 Å². The molecule has 1 aliphatic rings.